The van der Waals surface area contributed by atoms with E-state index in [9.17, 15) is 0 Å². The summed E-state index contributed by atoms with van der Waals surface area (Å²) in [7, 11) is 2.16. The summed E-state index contributed by atoms with van der Waals surface area (Å²) in [6, 6.07) is 4.96. The Kier molecular flexibility index (Phi) is 4.68. The molecule has 2 heterocycles. The molecule has 1 aromatic heterocycles. The van der Waals surface area contributed by atoms with Gasteiger partial charge in [-0.05, 0) is 30.3 Å². The van der Waals surface area contributed by atoms with E-state index in [0.717, 1.165) is 18.9 Å². The molecule has 1 aromatic rings. The Morgan fingerprint density at radius 3 is 3.00 bits per heavy atom. The molecule has 0 bridgehead atoms. The van der Waals surface area contributed by atoms with Crippen molar-refractivity contribution < 1.29 is 0 Å². The van der Waals surface area contributed by atoms with Gasteiger partial charge in [-0.25, -0.2) is 4.98 Å². The van der Waals surface area contributed by atoms with Crippen molar-refractivity contribution in [1.82, 2.24) is 10.3 Å². The molecule has 1 aliphatic heterocycles. The molecule has 0 spiro atoms. The third-order valence-electron chi connectivity index (χ3n) is 3.20. The Balaban J connectivity index is 1.96. The lowest BCUT2D eigenvalue weighted by atomic mass is 10.2. The van der Waals surface area contributed by atoms with Crippen molar-refractivity contribution in [2.75, 3.05) is 30.0 Å². The van der Waals surface area contributed by atoms with Crippen LogP contribution in [0.1, 0.15) is 18.9 Å². The summed E-state index contributed by atoms with van der Waals surface area (Å²) in [5.74, 6) is 3.61. The molecule has 1 fully saturated rings. The average molecular weight is 251 g/mol. The normalized spacial score (nSPS) is 19.5. The van der Waals surface area contributed by atoms with Gasteiger partial charge in [0.05, 0.1) is 0 Å². The molecule has 0 aliphatic carbocycles. The monoisotopic (exact) mass is 251 g/mol. The number of aromatic nitrogens is 1. The van der Waals surface area contributed by atoms with E-state index in [0.29, 0.717) is 6.04 Å². The Hall–Kier alpha value is -0.740. The molecule has 4 heteroatoms. The molecule has 0 radical (unpaired) electrons. The van der Waals surface area contributed by atoms with Gasteiger partial charge < -0.3 is 10.2 Å². The Labute approximate surface area is 108 Å². The number of hydrogen-bond donors (Lipinski definition) is 1. The molecule has 94 valence electrons. The molecular weight excluding hydrogens is 230 g/mol. The maximum Gasteiger partial charge on any atom is 0.128 e. The molecule has 1 atom stereocenters. The van der Waals surface area contributed by atoms with Crippen LogP contribution >= 0.6 is 11.8 Å². The first-order valence-corrected chi connectivity index (χ1v) is 7.43. The van der Waals surface area contributed by atoms with Crippen molar-refractivity contribution in [1.29, 1.82) is 0 Å². The summed E-state index contributed by atoms with van der Waals surface area (Å²) < 4.78 is 0. The van der Waals surface area contributed by atoms with Crippen molar-refractivity contribution in [2.24, 2.45) is 0 Å². The number of anilines is 1. The minimum Gasteiger partial charge on any atom is -0.356 e. The van der Waals surface area contributed by atoms with Crippen LogP contribution in [-0.4, -0.2) is 36.1 Å². The van der Waals surface area contributed by atoms with Gasteiger partial charge in [-0.1, -0.05) is 13.0 Å². The molecule has 2 rings (SSSR count). The summed E-state index contributed by atoms with van der Waals surface area (Å²) in [5.41, 5.74) is 1.25. The first kappa shape index (κ1) is 12.7. The summed E-state index contributed by atoms with van der Waals surface area (Å²) >= 11 is 2.04. The Morgan fingerprint density at radius 1 is 1.53 bits per heavy atom. The van der Waals surface area contributed by atoms with Gasteiger partial charge in [-0.15, -0.1) is 0 Å². The van der Waals surface area contributed by atoms with Gasteiger partial charge in [0.2, 0.25) is 0 Å². The van der Waals surface area contributed by atoms with Gasteiger partial charge in [-0.3, -0.25) is 0 Å². The predicted molar refractivity (Wildman–Crippen MR) is 75.8 cm³/mol. The first-order valence-electron chi connectivity index (χ1n) is 6.27. The number of rotatable bonds is 5. The van der Waals surface area contributed by atoms with Gasteiger partial charge in [0.15, 0.2) is 0 Å². The lowest BCUT2D eigenvalue weighted by Crippen LogP contribution is -2.31. The van der Waals surface area contributed by atoms with Crippen molar-refractivity contribution in [3.05, 3.63) is 23.9 Å². The van der Waals surface area contributed by atoms with E-state index in [1.165, 1.54) is 23.5 Å². The Bertz CT molecular complexity index is 333. The second-order valence-corrected chi connectivity index (χ2v) is 5.58. The van der Waals surface area contributed by atoms with E-state index in [1.54, 1.807) is 0 Å². The van der Waals surface area contributed by atoms with E-state index in [1.807, 2.05) is 18.0 Å². The van der Waals surface area contributed by atoms with Crippen molar-refractivity contribution in [3.8, 4) is 0 Å². The van der Waals surface area contributed by atoms with Crippen LogP contribution in [-0.2, 0) is 6.54 Å². The van der Waals surface area contributed by atoms with Crippen molar-refractivity contribution >= 4 is 17.6 Å². The molecule has 0 saturated carbocycles. The molecule has 1 unspecified atom stereocenters. The van der Waals surface area contributed by atoms with Crippen LogP contribution in [0, 0.1) is 0 Å². The zero-order valence-corrected chi connectivity index (χ0v) is 11.5. The highest BCUT2D eigenvalue weighted by Crippen LogP contribution is 2.24. The minimum atomic E-state index is 0.659. The first-order chi connectivity index (χ1) is 8.31. The zero-order chi connectivity index (χ0) is 12.1. The number of pyridine rings is 1. The quantitative estimate of drug-likeness (QED) is 0.868. The summed E-state index contributed by atoms with van der Waals surface area (Å²) in [6.07, 6.45) is 3.26. The number of nitrogens with one attached hydrogen (secondary N) is 1. The summed E-state index contributed by atoms with van der Waals surface area (Å²) in [5, 5.41) is 3.31. The second-order valence-electron chi connectivity index (χ2n) is 4.43. The molecule has 0 amide bonds. The lowest BCUT2D eigenvalue weighted by Gasteiger charge is -2.24. The third kappa shape index (κ3) is 3.36. The SMILES string of the molecule is CCNCc1ccc(N(C)C2CCSC2)nc1. The fraction of sp³-hybridized carbons (Fsp3) is 0.615. The lowest BCUT2D eigenvalue weighted by molar-refractivity contribution is 0.689. The molecule has 0 aromatic carbocycles. The fourth-order valence-corrected chi connectivity index (χ4v) is 3.28. The van der Waals surface area contributed by atoms with E-state index < -0.39 is 0 Å². The number of nitrogens with zero attached hydrogens (tertiary/aromatic N) is 2. The van der Waals surface area contributed by atoms with Crippen LogP contribution in [0.15, 0.2) is 18.3 Å². The molecular formula is C13H21N3S. The standard InChI is InChI=1S/C13H21N3S/c1-3-14-8-11-4-5-13(15-9-11)16(2)12-6-7-17-10-12/h4-5,9,12,14H,3,6-8,10H2,1-2H3. The highest BCUT2D eigenvalue weighted by atomic mass is 32.2. The summed E-state index contributed by atoms with van der Waals surface area (Å²) in [6.45, 7) is 4.03. The highest BCUT2D eigenvalue weighted by Gasteiger charge is 2.20. The van der Waals surface area contributed by atoms with Crippen LogP contribution < -0.4 is 10.2 Å². The van der Waals surface area contributed by atoms with Gasteiger partial charge in [0.1, 0.15) is 5.82 Å². The number of thioether (sulfide) groups is 1. The molecule has 1 saturated heterocycles. The average Bonchev–Trinajstić information content (AvgIpc) is 2.90. The fourth-order valence-electron chi connectivity index (χ4n) is 2.01. The topological polar surface area (TPSA) is 28.2 Å². The highest BCUT2D eigenvalue weighted by molar-refractivity contribution is 7.99. The molecule has 1 aliphatic rings. The van der Waals surface area contributed by atoms with E-state index in [2.05, 4.69) is 41.3 Å². The van der Waals surface area contributed by atoms with Gasteiger partial charge in [-0.2, -0.15) is 11.8 Å². The zero-order valence-electron chi connectivity index (χ0n) is 10.6. The van der Waals surface area contributed by atoms with Crippen LogP contribution in [0.25, 0.3) is 0 Å². The summed E-state index contributed by atoms with van der Waals surface area (Å²) in [4.78, 5) is 6.87. The van der Waals surface area contributed by atoms with Crippen molar-refractivity contribution in [2.45, 2.75) is 25.9 Å². The maximum absolute atomic E-state index is 4.55. The molecule has 3 nitrogen and oxygen atoms in total. The maximum atomic E-state index is 4.55. The van der Waals surface area contributed by atoms with E-state index >= 15 is 0 Å². The van der Waals surface area contributed by atoms with Gasteiger partial charge in [0, 0.05) is 31.6 Å². The molecule has 1 N–H and O–H groups in total. The Morgan fingerprint density at radius 2 is 2.41 bits per heavy atom. The van der Waals surface area contributed by atoms with Gasteiger partial charge >= 0.3 is 0 Å². The third-order valence-corrected chi connectivity index (χ3v) is 4.35. The van der Waals surface area contributed by atoms with Crippen LogP contribution in [0.4, 0.5) is 5.82 Å². The van der Waals surface area contributed by atoms with Gasteiger partial charge in [0.25, 0.3) is 0 Å². The van der Waals surface area contributed by atoms with Crippen molar-refractivity contribution in [3.63, 3.8) is 0 Å². The second kappa shape index (κ2) is 6.26. The van der Waals surface area contributed by atoms with Crippen LogP contribution in [0.3, 0.4) is 0 Å². The van der Waals surface area contributed by atoms with E-state index in [4.69, 9.17) is 0 Å². The van der Waals surface area contributed by atoms with E-state index in [-0.39, 0.29) is 0 Å². The minimum absolute atomic E-state index is 0.659. The largest absolute Gasteiger partial charge is 0.356 e. The smallest absolute Gasteiger partial charge is 0.128 e. The van der Waals surface area contributed by atoms with Crippen LogP contribution in [0.2, 0.25) is 0 Å². The van der Waals surface area contributed by atoms with Crippen LogP contribution in [0.5, 0.6) is 0 Å². The molecule has 17 heavy (non-hydrogen) atoms. The number of hydrogen-bond acceptors (Lipinski definition) is 4. The predicted octanol–water partition coefficient (Wildman–Crippen LogP) is 2.13.